The first-order chi connectivity index (χ1) is 5.61. The standard InChI is InChI=1S/C11H15N/c1-8(2)10(4)11-7-9(3)5-6-12-11/h5-7,10H,1H2,2-4H3. The second-order valence-corrected chi connectivity index (χ2v) is 3.33. The number of nitrogens with zero attached hydrogens (tertiary/aromatic N) is 1. The fourth-order valence-electron chi connectivity index (χ4n) is 1.05. The van der Waals surface area contributed by atoms with Crippen molar-refractivity contribution in [3.05, 3.63) is 41.7 Å². The van der Waals surface area contributed by atoms with Gasteiger partial charge < -0.3 is 0 Å². The summed E-state index contributed by atoms with van der Waals surface area (Å²) in [5, 5.41) is 0. The van der Waals surface area contributed by atoms with Crippen molar-refractivity contribution in [2.24, 2.45) is 0 Å². The van der Waals surface area contributed by atoms with Crippen LogP contribution in [0.4, 0.5) is 0 Å². The number of allylic oxidation sites excluding steroid dienone is 1. The Bertz CT molecular complexity index is 289. The largest absolute Gasteiger partial charge is 0.261 e. The van der Waals surface area contributed by atoms with Crippen molar-refractivity contribution in [3.8, 4) is 0 Å². The van der Waals surface area contributed by atoms with Gasteiger partial charge in [-0.1, -0.05) is 19.1 Å². The van der Waals surface area contributed by atoms with E-state index in [1.807, 2.05) is 19.2 Å². The molecule has 0 bridgehead atoms. The molecule has 0 aromatic carbocycles. The molecule has 0 aliphatic carbocycles. The highest BCUT2D eigenvalue weighted by atomic mass is 14.7. The van der Waals surface area contributed by atoms with E-state index in [0.717, 1.165) is 11.3 Å². The summed E-state index contributed by atoms with van der Waals surface area (Å²) in [4.78, 5) is 4.30. The molecule has 0 saturated carbocycles. The third kappa shape index (κ3) is 1.94. The van der Waals surface area contributed by atoms with Crippen molar-refractivity contribution in [2.75, 3.05) is 0 Å². The predicted molar refractivity (Wildman–Crippen MR) is 52.2 cm³/mol. The molecule has 0 spiro atoms. The summed E-state index contributed by atoms with van der Waals surface area (Å²) in [7, 11) is 0. The number of pyridine rings is 1. The lowest BCUT2D eigenvalue weighted by Gasteiger charge is -2.10. The molecule has 1 heteroatoms. The average molecular weight is 161 g/mol. The van der Waals surface area contributed by atoms with E-state index in [4.69, 9.17) is 0 Å². The summed E-state index contributed by atoms with van der Waals surface area (Å²) in [5.74, 6) is 0.366. The van der Waals surface area contributed by atoms with E-state index in [-0.39, 0.29) is 0 Å². The van der Waals surface area contributed by atoms with Crippen LogP contribution in [0.5, 0.6) is 0 Å². The maximum absolute atomic E-state index is 4.30. The Kier molecular flexibility index (Phi) is 2.64. The second-order valence-electron chi connectivity index (χ2n) is 3.33. The SMILES string of the molecule is C=C(C)C(C)c1cc(C)ccn1. The van der Waals surface area contributed by atoms with Crippen LogP contribution in [-0.4, -0.2) is 4.98 Å². The molecule has 1 nitrogen and oxygen atoms in total. The van der Waals surface area contributed by atoms with E-state index < -0.39 is 0 Å². The Labute approximate surface area is 74.2 Å². The van der Waals surface area contributed by atoms with Gasteiger partial charge in [0.05, 0.1) is 0 Å². The molecule has 0 N–H and O–H groups in total. The molecule has 0 amide bonds. The van der Waals surface area contributed by atoms with Crippen LogP contribution in [0.15, 0.2) is 30.5 Å². The van der Waals surface area contributed by atoms with Crippen LogP contribution in [0.3, 0.4) is 0 Å². The van der Waals surface area contributed by atoms with Gasteiger partial charge in [-0.3, -0.25) is 4.98 Å². The lowest BCUT2D eigenvalue weighted by molar-refractivity contribution is 0.850. The van der Waals surface area contributed by atoms with Gasteiger partial charge in [0.25, 0.3) is 0 Å². The van der Waals surface area contributed by atoms with Gasteiger partial charge in [0.2, 0.25) is 0 Å². The van der Waals surface area contributed by atoms with Crippen LogP contribution in [-0.2, 0) is 0 Å². The third-order valence-electron chi connectivity index (χ3n) is 2.12. The molecule has 1 unspecified atom stereocenters. The Morgan fingerprint density at radius 1 is 1.58 bits per heavy atom. The molecule has 0 saturated heterocycles. The highest BCUT2D eigenvalue weighted by molar-refractivity contribution is 5.22. The van der Waals surface area contributed by atoms with E-state index in [2.05, 4.69) is 31.5 Å². The third-order valence-corrected chi connectivity index (χ3v) is 2.12. The minimum absolute atomic E-state index is 0.366. The minimum Gasteiger partial charge on any atom is -0.261 e. The fourth-order valence-corrected chi connectivity index (χ4v) is 1.05. The molecule has 0 fully saturated rings. The first-order valence-electron chi connectivity index (χ1n) is 4.19. The van der Waals surface area contributed by atoms with Crippen molar-refractivity contribution in [3.63, 3.8) is 0 Å². The zero-order valence-corrected chi connectivity index (χ0v) is 7.96. The maximum atomic E-state index is 4.30. The summed E-state index contributed by atoms with van der Waals surface area (Å²) >= 11 is 0. The van der Waals surface area contributed by atoms with Gasteiger partial charge in [-0.2, -0.15) is 0 Å². The highest BCUT2D eigenvalue weighted by Gasteiger charge is 2.06. The van der Waals surface area contributed by atoms with Crippen molar-refractivity contribution in [2.45, 2.75) is 26.7 Å². The molecule has 0 radical (unpaired) electrons. The first-order valence-corrected chi connectivity index (χ1v) is 4.19. The monoisotopic (exact) mass is 161 g/mol. The fraction of sp³-hybridized carbons (Fsp3) is 0.364. The molecule has 1 heterocycles. The molecule has 0 aliphatic rings. The first kappa shape index (κ1) is 8.98. The number of aryl methyl sites for hydroxylation is 1. The van der Waals surface area contributed by atoms with Gasteiger partial charge in [-0.05, 0) is 31.5 Å². The quantitative estimate of drug-likeness (QED) is 0.607. The molecule has 0 aliphatic heterocycles. The van der Waals surface area contributed by atoms with Gasteiger partial charge in [0.1, 0.15) is 0 Å². The smallest absolute Gasteiger partial charge is 0.0474 e. The van der Waals surface area contributed by atoms with E-state index >= 15 is 0 Å². The van der Waals surface area contributed by atoms with Gasteiger partial charge in [-0.25, -0.2) is 0 Å². The van der Waals surface area contributed by atoms with Crippen LogP contribution in [0.25, 0.3) is 0 Å². The predicted octanol–water partition coefficient (Wildman–Crippen LogP) is 3.07. The van der Waals surface area contributed by atoms with E-state index in [9.17, 15) is 0 Å². The molecular weight excluding hydrogens is 146 g/mol. The number of aromatic nitrogens is 1. The number of hydrogen-bond donors (Lipinski definition) is 0. The summed E-state index contributed by atoms with van der Waals surface area (Å²) < 4.78 is 0. The van der Waals surface area contributed by atoms with Gasteiger partial charge in [0.15, 0.2) is 0 Å². The zero-order valence-electron chi connectivity index (χ0n) is 7.96. The summed E-state index contributed by atoms with van der Waals surface area (Å²) in [6.45, 7) is 10.2. The molecule has 1 atom stereocenters. The van der Waals surface area contributed by atoms with Gasteiger partial charge >= 0.3 is 0 Å². The number of rotatable bonds is 2. The Hall–Kier alpha value is -1.11. The van der Waals surface area contributed by atoms with Crippen molar-refractivity contribution in [1.29, 1.82) is 0 Å². The topological polar surface area (TPSA) is 12.9 Å². The van der Waals surface area contributed by atoms with Crippen LogP contribution >= 0.6 is 0 Å². The van der Waals surface area contributed by atoms with Crippen LogP contribution in [0.1, 0.15) is 31.0 Å². The Morgan fingerprint density at radius 3 is 2.75 bits per heavy atom. The summed E-state index contributed by atoms with van der Waals surface area (Å²) in [6, 6.07) is 4.12. The second kappa shape index (κ2) is 3.53. The molecule has 1 rings (SSSR count). The molecule has 64 valence electrons. The van der Waals surface area contributed by atoms with Crippen LogP contribution < -0.4 is 0 Å². The summed E-state index contributed by atoms with van der Waals surface area (Å²) in [6.07, 6.45) is 1.85. The Balaban J connectivity index is 2.95. The molecule has 12 heavy (non-hydrogen) atoms. The maximum Gasteiger partial charge on any atom is 0.0474 e. The van der Waals surface area contributed by atoms with Gasteiger partial charge in [0, 0.05) is 17.8 Å². The average Bonchev–Trinajstić information content (AvgIpc) is 2.03. The van der Waals surface area contributed by atoms with E-state index in [1.54, 1.807) is 0 Å². The molecule has 1 aromatic heterocycles. The van der Waals surface area contributed by atoms with Crippen LogP contribution in [0, 0.1) is 6.92 Å². The van der Waals surface area contributed by atoms with E-state index in [0.29, 0.717) is 5.92 Å². The van der Waals surface area contributed by atoms with E-state index in [1.165, 1.54) is 5.56 Å². The van der Waals surface area contributed by atoms with Crippen molar-refractivity contribution < 1.29 is 0 Å². The summed E-state index contributed by atoms with van der Waals surface area (Å²) in [5.41, 5.74) is 3.53. The lowest BCUT2D eigenvalue weighted by Crippen LogP contribution is -1.97. The van der Waals surface area contributed by atoms with Crippen molar-refractivity contribution >= 4 is 0 Å². The molecular formula is C11H15N. The minimum atomic E-state index is 0.366. The van der Waals surface area contributed by atoms with Crippen LogP contribution in [0.2, 0.25) is 0 Å². The Morgan fingerprint density at radius 2 is 2.25 bits per heavy atom. The lowest BCUT2D eigenvalue weighted by atomic mass is 9.99. The zero-order chi connectivity index (χ0) is 9.14. The normalized spacial score (nSPS) is 12.6. The highest BCUT2D eigenvalue weighted by Crippen LogP contribution is 2.20. The van der Waals surface area contributed by atoms with Crippen molar-refractivity contribution in [1.82, 2.24) is 4.98 Å². The molecule has 1 aromatic rings. The number of hydrogen-bond acceptors (Lipinski definition) is 1. The van der Waals surface area contributed by atoms with Gasteiger partial charge in [-0.15, -0.1) is 0 Å².